The molecule has 0 aliphatic carbocycles. The molecule has 1 amide bonds. The smallest absolute Gasteiger partial charge is 0.302 e. The summed E-state index contributed by atoms with van der Waals surface area (Å²) in [5, 5.41) is 0. The van der Waals surface area contributed by atoms with Gasteiger partial charge in [0.2, 0.25) is 0 Å². The van der Waals surface area contributed by atoms with Crippen molar-refractivity contribution in [2.45, 2.75) is 39.2 Å². The van der Waals surface area contributed by atoms with Crippen LogP contribution < -0.4 is 9.64 Å². The number of carbonyl (C=O) groups is 1. The van der Waals surface area contributed by atoms with Crippen LogP contribution in [-0.2, 0) is 11.2 Å². The molecule has 0 spiro atoms. The Labute approximate surface area is 114 Å². The first-order chi connectivity index (χ1) is 8.96. The second-order valence-electron chi connectivity index (χ2n) is 5.43. The number of hydrogen-bond donors (Lipinski definition) is 0. The summed E-state index contributed by atoms with van der Waals surface area (Å²) >= 11 is 0. The lowest BCUT2D eigenvalue weighted by atomic mass is 10.0. The molecule has 1 aliphatic heterocycles. The zero-order chi connectivity index (χ0) is 14.0. The zero-order valence-electron chi connectivity index (χ0n) is 11.7. The Kier molecular flexibility index (Phi) is 3.53. The van der Waals surface area contributed by atoms with E-state index < -0.39 is 0 Å². The minimum Gasteiger partial charge on any atom is -0.487 e. The molecule has 1 aromatic carbocycles. The standard InChI is InChI=1S/C16H19NO2/c1-5-9-17(15(18)6-2)13-7-8-14-12(10-13)11-16(3,4)19-14/h2,7-8,10H,5,9,11H2,1,3-4H3. The Morgan fingerprint density at radius 1 is 1.53 bits per heavy atom. The molecule has 3 heteroatoms. The molecule has 0 fully saturated rings. The second-order valence-corrected chi connectivity index (χ2v) is 5.43. The maximum atomic E-state index is 11.8. The Hall–Kier alpha value is -1.95. The van der Waals surface area contributed by atoms with Crippen molar-refractivity contribution in [1.82, 2.24) is 0 Å². The van der Waals surface area contributed by atoms with Gasteiger partial charge in [-0.1, -0.05) is 6.92 Å². The van der Waals surface area contributed by atoms with Gasteiger partial charge in [-0.25, -0.2) is 0 Å². The summed E-state index contributed by atoms with van der Waals surface area (Å²) in [6.45, 7) is 6.77. The highest BCUT2D eigenvalue weighted by atomic mass is 16.5. The van der Waals surface area contributed by atoms with Crippen molar-refractivity contribution in [1.29, 1.82) is 0 Å². The van der Waals surface area contributed by atoms with Crippen LogP contribution in [0, 0.1) is 12.3 Å². The maximum Gasteiger partial charge on any atom is 0.302 e. The van der Waals surface area contributed by atoms with Crippen LogP contribution in [-0.4, -0.2) is 18.1 Å². The van der Waals surface area contributed by atoms with Crippen LogP contribution in [0.25, 0.3) is 0 Å². The summed E-state index contributed by atoms with van der Waals surface area (Å²) in [4.78, 5) is 13.4. The topological polar surface area (TPSA) is 29.5 Å². The van der Waals surface area contributed by atoms with E-state index in [2.05, 4.69) is 19.8 Å². The fourth-order valence-electron chi connectivity index (χ4n) is 2.41. The zero-order valence-corrected chi connectivity index (χ0v) is 11.7. The maximum absolute atomic E-state index is 11.8. The number of fused-ring (bicyclic) bond motifs is 1. The highest BCUT2D eigenvalue weighted by molar-refractivity contribution is 6.05. The third-order valence-electron chi connectivity index (χ3n) is 3.17. The molecule has 0 radical (unpaired) electrons. The van der Waals surface area contributed by atoms with Crippen LogP contribution in [0.4, 0.5) is 5.69 Å². The Morgan fingerprint density at radius 3 is 2.89 bits per heavy atom. The fraction of sp³-hybridized carbons (Fsp3) is 0.438. The number of anilines is 1. The van der Waals surface area contributed by atoms with E-state index >= 15 is 0 Å². The number of terminal acetylenes is 1. The van der Waals surface area contributed by atoms with Gasteiger partial charge in [0.25, 0.3) is 0 Å². The van der Waals surface area contributed by atoms with E-state index in [0.29, 0.717) is 6.54 Å². The molecule has 0 aromatic heterocycles. The Morgan fingerprint density at radius 2 is 2.26 bits per heavy atom. The van der Waals surface area contributed by atoms with E-state index in [9.17, 15) is 4.79 Å². The second kappa shape index (κ2) is 4.97. The number of benzene rings is 1. The molecule has 0 saturated carbocycles. The van der Waals surface area contributed by atoms with Crippen molar-refractivity contribution >= 4 is 11.6 Å². The van der Waals surface area contributed by atoms with Gasteiger partial charge in [-0.15, -0.1) is 6.42 Å². The van der Waals surface area contributed by atoms with Gasteiger partial charge in [0, 0.05) is 24.2 Å². The highest BCUT2D eigenvalue weighted by Gasteiger charge is 2.30. The number of carbonyl (C=O) groups excluding carboxylic acids is 1. The first kappa shape index (κ1) is 13.5. The number of nitrogens with zero attached hydrogens (tertiary/aromatic N) is 1. The molecule has 100 valence electrons. The average molecular weight is 257 g/mol. The van der Waals surface area contributed by atoms with E-state index in [1.165, 1.54) is 0 Å². The minimum atomic E-state index is -0.292. The lowest BCUT2D eigenvalue weighted by Crippen LogP contribution is -2.30. The summed E-state index contributed by atoms with van der Waals surface area (Å²) in [7, 11) is 0. The number of hydrogen-bond acceptors (Lipinski definition) is 2. The lowest BCUT2D eigenvalue weighted by molar-refractivity contribution is -0.113. The largest absolute Gasteiger partial charge is 0.487 e. The van der Waals surface area contributed by atoms with Crippen LogP contribution in [0.2, 0.25) is 0 Å². The third kappa shape index (κ3) is 2.73. The molecule has 0 N–H and O–H groups in total. The average Bonchev–Trinajstić information content (AvgIpc) is 2.67. The summed E-state index contributed by atoms with van der Waals surface area (Å²) in [6.07, 6.45) is 6.95. The molecule has 0 saturated heterocycles. The van der Waals surface area contributed by atoms with Crippen LogP contribution >= 0.6 is 0 Å². The Balaban J connectivity index is 2.32. The Bertz CT molecular complexity index is 540. The molecular formula is C16H19NO2. The van der Waals surface area contributed by atoms with Crippen LogP contribution in [0.15, 0.2) is 18.2 Å². The summed E-state index contributed by atoms with van der Waals surface area (Å²) in [6, 6.07) is 5.83. The van der Waals surface area contributed by atoms with Crippen molar-refractivity contribution in [2.75, 3.05) is 11.4 Å². The number of rotatable bonds is 3. The van der Waals surface area contributed by atoms with Crippen molar-refractivity contribution in [2.24, 2.45) is 0 Å². The fourth-order valence-corrected chi connectivity index (χ4v) is 2.41. The van der Waals surface area contributed by atoms with Gasteiger partial charge < -0.3 is 9.64 Å². The van der Waals surface area contributed by atoms with Gasteiger partial charge in [0.15, 0.2) is 0 Å². The SMILES string of the molecule is C#CC(=O)N(CCC)c1ccc2c(c1)CC(C)(C)O2. The number of amides is 1. The molecule has 0 unspecified atom stereocenters. The van der Waals surface area contributed by atoms with Crippen LogP contribution in [0.3, 0.4) is 0 Å². The molecule has 3 nitrogen and oxygen atoms in total. The van der Waals surface area contributed by atoms with E-state index in [1.54, 1.807) is 4.90 Å². The van der Waals surface area contributed by atoms with Crippen LogP contribution in [0.5, 0.6) is 5.75 Å². The van der Waals surface area contributed by atoms with Gasteiger partial charge in [0.05, 0.1) is 0 Å². The first-order valence-corrected chi connectivity index (χ1v) is 6.57. The van der Waals surface area contributed by atoms with Gasteiger partial charge in [-0.05, 0) is 44.4 Å². The minimum absolute atomic E-state index is 0.174. The van der Waals surface area contributed by atoms with Crippen molar-refractivity contribution in [3.05, 3.63) is 23.8 Å². The summed E-state index contributed by atoms with van der Waals surface area (Å²) < 4.78 is 5.83. The molecule has 2 rings (SSSR count). The van der Waals surface area contributed by atoms with Gasteiger partial charge in [-0.3, -0.25) is 4.79 Å². The van der Waals surface area contributed by atoms with E-state index in [4.69, 9.17) is 11.2 Å². The van der Waals surface area contributed by atoms with Gasteiger partial charge in [0.1, 0.15) is 11.4 Å². The van der Waals surface area contributed by atoms with Crippen LogP contribution in [0.1, 0.15) is 32.8 Å². The molecule has 1 heterocycles. The third-order valence-corrected chi connectivity index (χ3v) is 3.17. The summed E-state index contributed by atoms with van der Waals surface area (Å²) in [5.41, 5.74) is 1.81. The van der Waals surface area contributed by atoms with E-state index in [1.807, 2.05) is 25.1 Å². The predicted octanol–water partition coefficient (Wildman–Crippen LogP) is 2.78. The molecule has 19 heavy (non-hydrogen) atoms. The van der Waals surface area contributed by atoms with Crippen molar-refractivity contribution < 1.29 is 9.53 Å². The number of ether oxygens (including phenoxy) is 1. The molecule has 1 aromatic rings. The van der Waals surface area contributed by atoms with Crippen molar-refractivity contribution in [3.8, 4) is 18.1 Å². The lowest BCUT2D eigenvalue weighted by Gasteiger charge is -2.20. The normalized spacial score (nSPS) is 15.3. The quantitative estimate of drug-likeness (QED) is 0.779. The predicted molar refractivity (Wildman–Crippen MR) is 76.3 cm³/mol. The van der Waals surface area contributed by atoms with Gasteiger partial charge in [-0.2, -0.15) is 0 Å². The highest BCUT2D eigenvalue weighted by Crippen LogP contribution is 2.37. The molecular weight excluding hydrogens is 238 g/mol. The van der Waals surface area contributed by atoms with Gasteiger partial charge >= 0.3 is 5.91 Å². The summed E-state index contributed by atoms with van der Waals surface area (Å²) in [5.74, 6) is 2.80. The first-order valence-electron chi connectivity index (χ1n) is 6.57. The molecule has 1 aliphatic rings. The van der Waals surface area contributed by atoms with E-state index in [-0.39, 0.29) is 11.5 Å². The van der Waals surface area contributed by atoms with Crippen molar-refractivity contribution in [3.63, 3.8) is 0 Å². The molecule has 0 bridgehead atoms. The monoisotopic (exact) mass is 257 g/mol. The van der Waals surface area contributed by atoms with E-state index in [0.717, 1.165) is 29.8 Å². The molecule has 0 atom stereocenters.